The van der Waals surface area contributed by atoms with Crippen molar-refractivity contribution < 1.29 is 14.7 Å². The van der Waals surface area contributed by atoms with E-state index in [4.69, 9.17) is 5.11 Å². The second kappa shape index (κ2) is 10.3. The van der Waals surface area contributed by atoms with E-state index < -0.39 is 5.97 Å². The van der Waals surface area contributed by atoms with Crippen molar-refractivity contribution in [1.29, 1.82) is 0 Å². The molecule has 3 heterocycles. The molecule has 0 aromatic carbocycles. The number of carbonyl (C=O) groups excluding carboxylic acids is 1. The number of carboxylic acids is 1. The summed E-state index contributed by atoms with van der Waals surface area (Å²) in [6, 6.07) is 4.17. The number of carbonyl (C=O) groups is 2. The Hall–Kier alpha value is -2.02. The van der Waals surface area contributed by atoms with Gasteiger partial charge in [-0.3, -0.25) is 9.78 Å². The predicted octanol–water partition coefficient (Wildman–Crippen LogP) is 2.71. The summed E-state index contributed by atoms with van der Waals surface area (Å²) in [4.78, 5) is 33.6. The third kappa shape index (κ3) is 5.99. The van der Waals surface area contributed by atoms with Gasteiger partial charge < -0.3 is 19.8 Å². The highest BCUT2D eigenvalue weighted by Crippen LogP contribution is 2.24. The molecule has 27 heavy (non-hydrogen) atoms. The lowest BCUT2D eigenvalue weighted by atomic mass is 9.91. The average Bonchev–Trinajstić information content (AvgIpc) is 2.68. The number of halogens is 1. The first-order valence-corrected chi connectivity index (χ1v) is 9.54. The van der Waals surface area contributed by atoms with Gasteiger partial charge in [0.25, 0.3) is 0 Å². The first-order valence-electron chi connectivity index (χ1n) is 9.54. The molecule has 2 fully saturated rings. The van der Waals surface area contributed by atoms with Crippen LogP contribution >= 0.6 is 12.4 Å². The van der Waals surface area contributed by atoms with E-state index in [1.807, 2.05) is 21.9 Å². The maximum absolute atomic E-state index is 12.8. The summed E-state index contributed by atoms with van der Waals surface area (Å²) in [5.74, 6) is -0.162. The van der Waals surface area contributed by atoms with Gasteiger partial charge in [-0.25, -0.2) is 4.79 Å². The summed E-state index contributed by atoms with van der Waals surface area (Å²) < 4.78 is 0. The number of amides is 2. The van der Waals surface area contributed by atoms with Gasteiger partial charge in [0.2, 0.25) is 0 Å². The molecule has 7 nitrogen and oxygen atoms in total. The van der Waals surface area contributed by atoms with Crippen LogP contribution < -0.4 is 4.90 Å². The molecule has 3 rings (SSSR count). The van der Waals surface area contributed by atoms with Crippen LogP contribution in [0.4, 0.5) is 10.5 Å². The van der Waals surface area contributed by atoms with E-state index in [0.717, 1.165) is 70.6 Å². The number of piperidine rings is 1. The van der Waals surface area contributed by atoms with Crippen LogP contribution in [-0.2, 0) is 4.79 Å². The lowest BCUT2D eigenvalue weighted by Gasteiger charge is -2.40. The van der Waals surface area contributed by atoms with Crippen LogP contribution in [0.15, 0.2) is 24.5 Å². The molecule has 1 aromatic rings. The molecule has 0 radical (unpaired) electrons. The zero-order chi connectivity index (χ0) is 18.4. The summed E-state index contributed by atoms with van der Waals surface area (Å²) in [6.07, 6.45) is 7.52. The molecular formula is C19H29ClN4O3. The molecule has 0 saturated carbocycles. The fraction of sp³-hybridized carbons (Fsp3) is 0.632. The maximum Gasteiger partial charge on any atom is 0.320 e. The standard InChI is InChI=1S/C19H28N4O3.ClH/c24-18(25)3-1-2-16-6-10-22(11-7-16)19(26)23-14-12-21(13-15-23)17-4-8-20-9-5-17;/h4-5,8-9,16H,1-3,6-7,10-15H2,(H,24,25);1H. The van der Waals surface area contributed by atoms with E-state index in [1.54, 1.807) is 12.4 Å². The largest absolute Gasteiger partial charge is 0.481 e. The van der Waals surface area contributed by atoms with E-state index in [1.165, 1.54) is 0 Å². The summed E-state index contributed by atoms with van der Waals surface area (Å²) in [5, 5.41) is 8.73. The smallest absolute Gasteiger partial charge is 0.320 e. The normalized spacial score (nSPS) is 18.1. The Kier molecular flexibility index (Phi) is 8.16. The molecule has 1 N–H and O–H groups in total. The third-order valence-electron chi connectivity index (χ3n) is 5.47. The Balaban J connectivity index is 0.00000261. The Bertz CT molecular complexity index is 600. The fourth-order valence-corrected chi connectivity index (χ4v) is 3.87. The first kappa shape index (κ1) is 21.3. The quantitative estimate of drug-likeness (QED) is 0.828. The van der Waals surface area contributed by atoms with Gasteiger partial charge in [0.15, 0.2) is 0 Å². The molecule has 0 unspecified atom stereocenters. The molecule has 2 aliphatic rings. The third-order valence-corrected chi connectivity index (χ3v) is 5.47. The number of likely N-dealkylation sites (tertiary alicyclic amines) is 1. The highest BCUT2D eigenvalue weighted by molar-refractivity contribution is 5.85. The topological polar surface area (TPSA) is 77.0 Å². The monoisotopic (exact) mass is 396 g/mol. The molecule has 2 aliphatic heterocycles. The lowest BCUT2D eigenvalue weighted by molar-refractivity contribution is -0.137. The number of hydrogen-bond donors (Lipinski definition) is 1. The van der Waals surface area contributed by atoms with Crippen molar-refractivity contribution in [2.75, 3.05) is 44.2 Å². The van der Waals surface area contributed by atoms with E-state index in [2.05, 4.69) is 9.88 Å². The van der Waals surface area contributed by atoms with Crippen molar-refractivity contribution in [3.8, 4) is 0 Å². The Morgan fingerprint density at radius 3 is 2.19 bits per heavy atom. The van der Waals surface area contributed by atoms with Crippen LogP contribution in [0.3, 0.4) is 0 Å². The van der Waals surface area contributed by atoms with Crippen LogP contribution in [0.5, 0.6) is 0 Å². The molecule has 2 amide bonds. The Morgan fingerprint density at radius 2 is 1.59 bits per heavy atom. The summed E-state index contributed by atoms with van der Waals surface area (Å²) in [7, 11) is 0. The number of aromatic nitrogens is 1. The average molecular weight is 397 g/mol. The van der Waals surface area contributed by atoms with E-state index in [9.17, 15) is 9.59 Å². The minimum absolute atomic E-state index is 0. The lowest BCUT2D eigenvalue weighted by Crippen LogP contribution is -2.54. The summed E-state index contributed by atoms with van der Waals surface area (Å²) >= 11 is 0. The number of anilines is 1. The van der Waals surface area contributed by atoms with Crippen molar-refractivity contribution in [3.63, 3.8) is 0 Å². The van der Waals surface area contributed by atoms with Crippen LogP contribution in [0.1, 0.15) is 32.1 Å². The van der Waals surface area contributed by atoms with E-state index in [-0.39, 0.29) is 24.9 Å². The highest BCUT2D eigenvalue weighted by Gasteiger charge is 2.28. The molecule has 1 aromatic heterocycles. The first-order chi connectivity index (χ1) is 12.6. The molecular weight excluding hydrogens is 368 g/mol. The van der Waals surface area contributed by atoms with Gasteiger partial charge >= 0.3 is 12.0 Å². The predicted molar refractivity (Wildman–Crippen MR) is 106 cm³/mol. The number of hydrogen-bond acceptors (Lipinski definition) is 4. The van der Waals surface area contributed by atoms with Crippen molar-refractivity contribution >= 4 is 30.1 Å². The van der Waals surface area contributed by atoms with Crippen LogP contribution in [-0.4, -0.2) is 71.2 Å². The molecule has 150 valence electrons. The van der Waals surface area contributed by atoms with Gasteiger partial charge in [0.05, 0.1) is 0 Å². The molecule has 0 spiro atoms. The molecule has 0 bridgehead atoms. The number of urea groups is 1. The van der Waals surface area contributed by atoms with Gasteiger partial charge in [0.1, 0.15) is 0 Å². The number of rotatable bonds is 5. The maximum atomic E-state index is 12.8. The van der Waals surface area contributed by atoms with Crippen molar-refractivity contribution in [2.24, 2.45) is 5.92 Å². The van der Waals surface area contributed by atoms with Gasteiger partial charge in [0, 0.05) is 63.8 Å². The zero-order valence-electron chi connectivity index (χ0n) is 15.6. The van der Waals surface area contributed by atoms with Crippen LogP contribution in [0, 0.1) is 5.92 Å². The van der Waals surface area contributed by atoms with Gasteiger partial charge in [-0.1, -0.05) is 0 Å². The molecule has 0 aliphatic carbocycles. The number of aliphatic carboxylic acids is 1. The van der Waals surface area contributed by atoms with Gasteiger partial charge in [-0.2, -0.15) is 0 Å². The highest BCUT2D eigenvalue weighted by atomic mass is 35.5. The van der Waals surface area contributed by atoms with Gasteiger partial charge in [-0.05, 0) is 43.7 Å². The second-order valence-electron chi connectivity index (χ2n) is 7.18. The van der Waals surface area contributed by atoms with Crippen LogP contribution in [0.2, 0.25) is 0 Å². The SMILES string of the molecule is Cl.O=C(O)CCCC1CCN(C(=O)N2CCN(c3ccncc3)CC2)CC1. The number of piperazine rings is 1. The Morgan fingerprint density at radius 1 is 1.00 bits per heavy atom. The van der Waals surface area contributed by atoms with Crippen LogP contribution in [0.25, 0.3) is 0 Å². The number of carboxylic acid groups (broad SMARTS) is 1. The van der Waals surface area contributed by atoms with E-state index >= 15 is 0 Å². The van der Waals surface area contributed by atoms with Crippen molar-refractivity contribution in [3.05, 3.63) is 24.5 Å². The summed E-state index contributed by atoms with van der Waals surface area (Å²) in [6.45, 7) is 4.78. The van der Waals surface area contributed by atoms with Crippen molar-refractivity contribution in [1.82, 2.24) is 14.8 Å². The number of nitrogens with zero attached hydrogens (tertiary/aromatic N) is 4. The minimum Gasteiger partial charge on any atom is -0.481 e. The van der Waals surface area contributed by atoms with Gasteiger partial charge in [-0.15, -0.1) is 12.4 Å². The zero-order valence-corrected chi connectivity index (χ0v) is 16.4. The number of pyridine rings is 1. The molecule has 8 heteroatoms. The molecule has 0 atom stereocenters. The second-order valence-corrected chi connectivity index (χ2v) is 7.18. The van der Waals surface area contributed by atoms with Crippen molar-refractivity contribution in [2.45, 2.75) is 32.1 Å². The fourth-order valence-electron chi connectivity index (χ4n) is 3.87. The Labute approximate surface area is 166 Å². The minimum atomic E-state index is -0.719. The molecule has 2 saturated heterocycles. The van der Waals surface area contributed by atoms with E-state index in [0.29, 0.717) is 5.92 Å². The summed E-state index contributed by atoms with van der Waals surface area (Å²) in [5.41, 5.74) is 1.16.